The Morgan fingerprint density at radius 1 is 1.08 bits per heavy atom. The van der Waals surface area contributed by atoms with Crippen LogP contribution in [0.4, 0.5) is 23.2 Å². The van der Waals surface area contributed by atoms with Crippen LogP contribution in [0.5, 0.6) is 0 Å². The number of halogens is 4. The molecule has 1 saturated heterocycles. The number of carboxylic acids is 1. The lowest BCUT2D eigenvalue weighted by molar-refractivity contribution is -0.134. The van der Waals surface area contributed by atoms with Gasteiger partial charge in [0.15, 0.2) is 17.5 Å². The van der Waals surface area contributed by atoms with Crippen molar-refractivity contribution in [2.75, 3.05) is 11.4 Å². The summed E-state index contributed by atoms with van der Waals surface area (Å²) in [6, 6.07) is 4.96. The summed E-state index contributed by atoms with van der Waals surface area (Å²) in [5.41, 5.74) is 0.680. The topological polar surface area (TPSA) is 95.7 Å². The van der Waals surface area contributed by atoms with Crippen LogP contribution in [0, 0.1) is 23.3 Å². The number of nitrogens with zero attached hydrogens (tertiary/aromatic N) is 4. The van der Waals surface area contributed by atoms with Gasteiger partial charge in [0.25, 0.3) is 0 Å². The Morgan fingerprint density at radius 2 is 1.79 bits per heavy atom. The average Bonchev–Trinajstić information content (AvgIpc) is 3.43. The molecule has 1 fully saturated rings. The van der Waals surface area contributed by atoms with Gasteiger partial charge in [-0.15, -0.1) is 0 Å². The molecular weight excluding hydrogens is 508 g/mol. The number of aromatic nitrogens is 2. The number of hydrogen-bond donors (Lipinski definition) is 1. The fourth-order valence-electron chi connectivity index (χ4n) is 5.20. The van der Waals surface area contributed by atoms with Crippen LogP contribution in [0.1, 0.15) is 46.4 Å². The second-order valence-corrected chi connectivity index (χ2v) is 9.49. The normalized spacial score (nSPS) is 19.1. The van der Waals surface area contributed by atoms with Gasteiger partial charge in [0.05, 0.1) is 42.7 Å². The summed E-state index contributed by atoms with van der Waals surface area (Å²) in [5.74, 6) is -7.89. The van der Waals surface area contributed by atoms with Gasteiger partial charge in [-0.2, -0.15) is 5.10 Å². The number of amides is 2. The highest BCUT2D eigenvalue weighted by Crippen LogP contribution is 2.37. The predicted molar refractivity (Wildman–Crippen MR) is 125 cm³/mol. The molecule has 2 amide bonds. The van der Waals surface area contributed by atoms with Gasteiger partial charge in [-0.05, 0) is 36.8 Å². The maximum atomic E-state index is 14.6. The minimum atomic E-state index is -1.61. The maximum Gasteiger partial charge on any atom is 0.336 e. The molecule has 2 atom stereocenters. The monoisotopic (exact) mass is 530 g/mol. The highest BCUT2D eigenvalue weighted by atomic mass is 19.2. The lowest BCUT2D eigenvalue weighted by Crippen LogP contribution is -2.46. The Morgan fingerprint density at radius 3 is 2.47 bits per heavy atom. The molecule has 1 N–H and O–H groups in total. The molecule has 0 radical (unpaired) electrons. The van der Waals surface area contributed by atoms with Crippen LogP contribution in [0.25, 0.3) is 0 Å². The van der Waals surface area contributed by atoms with Crippen LogP contribution >= 0.6 is 0 Å². The molecule has 38 heavy (non-hydrogen) atoms. The van der Waals surface area contributed by atoms with E-state index in [2.05, 4.69) is 5.10 Å². The van der Waals surface area contributed by atoms with Crippen molar-refractivity contribution in [3.63, 3.8) is 0 Å². The van der Waals surface area contributed by atoms with Gasteiger partial charge in [-0.1, -0.05) is 6.07 Å². The van der Waals surface area contributed by atoms with Crippen molar-refractivity contribution in [3.8, 4) is 0 Å². The van der Waals surface area contributed by atoms with Gasteiger partial charge < -0.3 is 14.9 Å². The SMILES string of the molecule is C[C@H]1Cn2ncc(N3CC(c4c(F)cccc4C(=O)O)CC3=O)c2CN1C(=O)Cc1cc(F)c(F)c(F)c1. The third-order valence-corrected chi connectivity index (χ3v) is 7.04. The quantitative estimate of drug-likeness (QED) is 0.402. The van der Waals surface area contributed by atoms with Crippen LogP contribution in [0.15, 0.2) is 36.5 Å². The number of carboxylic acid groups (broad SMARTS) is 1. The van der Waals surface area contributed by atoms with Crippen molar-refractivity contribution in [1.29, 1.82) is 0 Å². The molecule has 0 aliphatic carbocycles. The second kappa shape index (κ2) is 9.58. The molecule has 12 heteroatoms. The van der Waals surface area contributed by atoms with E-state index in [1.165, 1.54) is 28.1 Å². The number of anilines is 1. The predicted octanol–water partition coefficient (Wildman–Crippen LogP) is 3.63. The highest BCUT2D eigenvalue weighted by molar-refractivity contribution is 5.98. The van der Waals surface area contributed by atoms with Gasteiger partial charge in [-0.25, -0.2) is 22.4 Å². The van der Waals surface area contributed by atoms with Crippen molar-refractivity contribution >= 4 is 23.5 Å². The zero-order chi connectivity index (χ0) is 27.3. The number of rotatable bonds is 5. The van der Waals surface area contributed by atoms with Crippen molar-refractivity contribution in [3.05, 3.63) is 82.2 Å². The number of hydrogen-bond acceptors (Lipinski definition) is 4. The van der Waals surface area contributed by atoms with Gasteiger partial charge in [0.1, 0.15) is 5.82 Å². The summed E-state index contributed by atoms with van der Waals surface area (Å²) in [6.45, 7) is 2.12. The van der Waals surface area contributed by atoms with E-state index >= 15 is 0 Å². The Bertz CT molecular complexity index is 1450. The fourth-order valence-corrected chi connectivity index (χ4v) is 5.20. The van der Waals surface area contributed by atoms with Crippen LogP contribution in [-0.2, 0) is 29.1 Å². The molecule has 2 aliphatic heterocycles. The van der Waals surface area contributed by atoms with E-state index in [0.717, 1.165) is 18.2 Å². The molecule has 3 aromatic rings. The first-order chi connectivity index (χ1) is 18.0. The van der Waals surface area contributed by atoms with E-state index in [0.29, 0.717) is 11.4 Å². The minimum absolute atomic E-state index is 0.0189. The van der Waals surface area contributed by atoms with Gasteiger partial charge in [0.2, 0.25) is 11.8 Å². The molecule has 1 unspecified atom stereocenters. The summed E-state index contributed by atoms with van der Waals surface area (Å²) < 4.78 is 56.9. The van der Waals surface area contributed by atoms with E-state index < -0.39 is 41.1 Å². The van der Waals surface area contributed by atoms with Gasteiger partial charge in [0, 0.05) is 30.5 Å². The summed E-state index contributed by atoms with van der Waals surface area (Å²) in [5, 5.41) is 13.8. The molecule has 1 aromatic heterocycles. The smallest absolute Gasteiger partial charge is 0.336 e. The van der Waals surface area contributed by atoms with E-state index in [9.17, 15) is 37.1 Å². The number of carbonyl (C=O) groups is 3. The molecule has 0 saturated carbocycles. The standard InChI is InChI=1S/C26H22F4N4O4/c1-13-10-34-21(12-32(13)22(35)7-14-5-18(28)25(30)19(29)6-14)20(9-31-34)33-11-15(8-23(33)36)24-16(26(37)38)3-2-4-17(24)27/h2-6,9,13,15H,7-8,10-12H2,1H3,(H,37,38)/t13-,15?/m0/s1. The largest absolute Gasteiger partial charge is 0.478 e. The summed E-state index contributed by atoms with van der Waals surface area (Å²) in [7, 11) is 0. The molecule has 0 bridgehead atoms. The van der Waals surface area contributed by atoms with Crippen molar-refractivity contribution < 1.29 is 37.1 Å². The van der Waals surface area contributed by atoms with E-state index in [1.54, 1.807) is 11.6 Å². The third-order valence-electron chi connectivity index (χ3n) is 7.04. The zero-order valence-electron chi connectivity index (χ0n) is 20.1. The molecule has 0 spiro atoms. The first kappa shape index (κ1) is 25.4. The van der Waals surface area contributed by atoms with Gasteiger partial charge >= 0.3 is 5.97 Å². The Kier molecular flexibility index (Phi) is 6.41. The molecule has 5 rings (SSSR count). The average molecular weight is 530 g/mol. The van der Waals surface area contributed by atoms with E-state index in [4.69, 9.17) is 0 Å². The zero-order valence-corrected chi connectivity index (χ0v) is 20.1. The molecule has 2 aliphatic rings. The molecule has 2 aromatic carbocycles. The van der Waals surface area contributed by atoms with Crippen molar-refractivity contribution in [1.82, 2.24) is 14.7 Å². The van der Waals surface area contributed by atoms with Crippen LogP contribution < -0.4 is 4.90 Å². The fraction of sp³-hybridized carbons (Fsp3) is 0.308. The Balaban J connectivity index is 1.39. The molecule has 3 heterocycles. The number of aromatic carboxylic acids is 1. The summed E-state index contributed by atoms with van der Waals surface area (Å²) in [4.78, 5) is 40.6. The van der Waals surface area contributed by atoms with Crippen LogP contribution in [0.3, 0.4) is 0 Å². The molecule has 8 nitrogen and oxygen atoms in total. The van der Waals surface area contributed by atoms with Crippen molar-refractivity contribution in [2.24, 2.45) is 0 Å². The van der Waals surface area contributed by atoms with Crippen molar-refractivity contribution in [2.45, 2.75) is 44.8 Å². The first-order valence-electron chi connectivity index (χ1n) is 11.8. The number of carbonyl (C=O) groups excluding carboxylic acids is 2. The molecule has 198 valence electrons. The Labute approximate surface area is 214 Å². The Hall–Kier alpha value is -4.22. The number of benzene rings is 2. The maximum absolute atomic E-state index is 14.6. The lowest BCUT2D eigenvalue weighted by atomic mass is 9.93. The van der Waals surface area contributed by atoms with Gasteiger partial charge in [-0.3, -0.25) is 14.3 Å². The van der Waals surface area contributed by atoms with Crippen LogP contribution in [0.2, 0.25) is 0 Å². The molecular formula is C26H22F4N4O4. The van der Waals surface area contributed by atoms with E-state index in [-0.39, 0.29) is 61.1 Å². The van der Waals surface area contributed by atoms with E-state index in [1.807, 2.05) is 0 Å². The second-order valence-electron chi connectivity index (χ2n) is 9.49. The third kappa shape index (κ3) is 4.39. The lowest BCUT2D eigenvalue weighted by Gasteiger charge is -2.35. The number of fused-ring (bicyclic) bond motifs is 1. The minimum Gasteiger partial charge on any atom is -0.478 e. The highest BCUT2D eigenvalue weighted by Gasteiger charge is 2.39. The van der Waals surface area contributed by atoms with Crippen LogP contribution in [-0.4, -0.2) is 50.2 Å². The first-order valence-corrected chi connectivity index (χ1v) is 11.8. The summed E-state index contributed by atoms with van der Waals surface area (Å²) >= 11 is 0. The summed E-state index contributed by atoms with van der Waals surface area (Å²) in [6.07, 6.45) is 1.00.